The van der Waals surface area contributed by atoms with Gasteiger partial charge >= 0.3 is 0 Å². The van der Waals surface area contributed by atoms with Crippen LogP contribution in [0.25, 0.3) is 0 Å². The second kappa shape index (κ2) is 8.14. The van der Waals surface area contributed by atoms with E-state index >= 15 is 0 Å². The maximum atomic E-state index is 11.6. The van der Waals surface area contributed by atoms with E-state index in [2.05, 4.69) is 49.0 Å². The number of nitrogens with one attached hydrogen (secondary N) is 1. The molecule has 4 nitrogen and oxygen atoms in total. The summed E-state index contributed by atoms with van der Waals surface area (Å²) in [5.41, 5.74) is 3.31. The van der Waals surface area contributed by atoms with Gasteiger partial charge in [-0.1, -0.05) is 28.1 Å². The van der Waals surface area contributed by atoms with E-state index in [0.717, 1.165) is 13.6 Å². The largest absolute Gasteiger partial charge is 0.484 e. The third kappa shape index (κ3) is 5.84. The molecule has 0 saturated carbocycles. The van der Waals surface area contributed by atoms with Crippen molar-refractivity contribution in [3.05, 3.63) is 62.1 Å². The van der Waals surface area contributed by atoms with E-state index in [4.69, 9.17) is 4.74 Å². The minimum absolute atomic E-state index is 0.0730. The molecule has 0 fully saturated rings. The van der Waals surface area contributed by atoms with Gasteiger partial charge in [-0.15, -0.1) is 0 Å². The second-order valence-electron chi connectivity index (χ2n) is 4.09. The Morgan fingerprint density at radius 2 is 2.05 bits per heavy atom. The predicted octanol–water partition coefficient (Wildman–Crippen LogP) is 3.58. The van der Waals surface area contributed by atoms with Crippen LogP contribution in [-0.4, -0.2) is 18.7 Å². The standard InChI is InChI=1S/C15H12BrIN2O2/c16-12-3-1-2-11(8-12)9-18-19-15(20)10-21-14-6-4-13(17)5-7-14/h1-9H,10H2,(H,19,20)/b18-9-. The molecule has 0 saturated heterocycles. The van der Waals surface area contributed by atoms with Crippen LogP contribution in [0.2, 0.25) is 0 Å². The maximum absolute atomic E-state index is 11.6. The highest BCUT2D eigenvalue weighted by Crippen LogP contribution is 2.13. The molecular weight excluding hydrogens is 447 g/mol. The second-order valence-corrected chi connectivity index (χ2v) is 6.25. The molecule has 2 aromatic rings. The molecule has 0 aliphatic carbocycles. The number of hydrogen-bond acceptors (Lipinski definition) is 3. The van der Waals surface area contributed by atoms with Crippen molar-refractivity contribution in [1.29, 1.82) is 0 Å². The zero-order valence-corrected chi connectivity index (χ0v) is 14.7. The number of halogens is 2. The number of ether oxygens (including phenoxy) is 1. The number of nitrogens with zero attached hydrogens (tertiary/aromatic N) is 1. The monoisotopic (exact) mass is 458 g/mol. The van der Waals surface area contributed by atoms with Crippen molar-refractivity contribution in [3.63, 3.8) is 0 Å². The molecule has 6 heteroatoms. The molecule has 2 aromatic carbocycles. The summed E-state index contributed by atoms with van der Waals surface area (Å²) in [5, 5.41) is 3.88. The molecule has 0 bridgehead atoms. The van der Waals surface area contributed by atoms with Gasteiger partial charge in [0.25, 0.3) is 5.91 Å². The zero-order chi connectivity index (χ0) is 15.1. The van der Waals surface area contributed by atoms with Gasteiger partial charge in [-0.2, -0.15) is 5.10 Å². The molecule has 2 rings (SSSR count). The van der Waals surface area contributed by atoms with Gasteiger partial charge < -0.3 is 4.74 Å². The molecule has 0 heterocycles. The SMILES string of the molecule is O=C(COc1ccc(I)cc1)N/N=C\c1cccc(Br)c1. The highest BCUT2D eigenvalue weighted by Gasteiger charge is 2.01. The number of hydrazone groups is 1. The van der Waals surface area contributed by atoms with Crippen molar-refractivity contribution in [2.45, 2.75) is 0 Å². The van der Waals surface area contributed by atoms with Crippen molar-refractivity contribution >= 4 is 50.6 Å². The Morgan fingerprint density at radius 1 is 1.29 bits per heavy atom. The molecule has 21 heavy (non-hydrogen) atoms. The fourth-order valence-electron chi connectivity index (χ4n) is 1.48. The van der Waals surface area contributed by atoms with E-state index in [0.29, 0.717) is 5.75 Å². The van der Waals surface area contributed by atoms with Crippen LogP contribution in [0.4, 0.5) is 0 Å². The molecule has 0 unspecified atom stereocenters. The lowest BCUT2D eigenvalue weighted by Gasteiger charge is -2.04. The zero-order valence-electron chi connectivity index (χ0n) is 10.9. The Kier molecular flexibility index (Phi) is 6.19. The van der Waals surface area contributed by atoms with E-state index in [-0.39, 0.29) is 12.5 Å². The van der Waals surface area contributed by atoms with Crippen molar-refractivity contribution in [2.75, 3.05) is 6.61 Å². The van der Waals surface area contributed by atoms with Crippen molar-refractivity contribution < 1.29 is 9.53 Å². The molecular formula is C15H12BrIN2O2. The molecule has 0 atom stereocenters. The number of hydrogen-bond donors (Lipinski definition) is 1. The summed E-state index contributed by atoms with van der Waals surface area (Å²) in [6.45, 7) is -0.0730. The minimum atomic E-state index is -0.306. The summed E-state index contributed by atoms with van der Waals surface area (Å²) >= 11 is 5.58. The smallest absolute Gasteiger partial charge is 0.277 e. The van der Waals surface area contributed by atoms with Gasteiger partial charge in [-0.3, -0.25) is 4.79 Å². The average molecular weight is 459 g/mol. The number of carbonyl (C=O) groups excluding carboxylic acids is 1. The van der Waals surface area contributed by atoms with Crippen LogP contribution >= 0.6 is 38.5 Å². The topological polar surface area (TPSA) is 50.7 Å². The highest BCUT2D eigenvalue weighted by atomic mass is 127. The normalized spacial score (nSPS) is 10.6. The fraction of sp³-hybridized carbons (Fsp3) is 0.0667. The Hall–Kier alpha value is -1.41. The first-order valence-electron chi connectivity index (χ1n) is 6.09. The highest BCUT2D eigenvalue weighted by molar-refractivity contribution is 14.1. The van der Waals surface area contributed by atoms with Crippen LogP contribution in [-0.2, 0) is 4.79 Å². The first-order valence-corrected chi connectivity index (χ1v) is 7.96. The van der Waals surface area contributed by atoms with E-state index < -0.39 is 0 Å². The Balaban J connectivity index is 1.78. The first kappa shape index (κ1) is 16.0. The lowest BCUT2D eigenvalue weighted by Crippen LogP contribution is -2.24. The van der Waals surface area contributed by atoms with Crippen LogP contribution in [0.5, 0.6) is 5.75 Å². The number of amides is 1. The van der Waals surface area contributed by atoms with Crippen molar-refractivity contribution in [1.82, 2.24) is 5.43 Å². The Morgan fingerprint density at radius 3 is 2.76 bits per heavy atom. The molecule has 0 aliphatic heterocycles. The summed E-state index contributed by atoms with van der Waals surface area (Å²) in [5.74, 6) is 0.348. The van der Waals surface area contributed by atoms with E-state index in [9.17, 15) is 4.79 Å². The molecule has 108 valence electrons. The van der Waals surface area contributed by atoms with Gasteiger partial charge in [0.15, 0.2) is 6.61 Å². The summed E-state index contributed by atoms with van der Waals surface area (Å²) in [6, 6.07) is 15.1. The number of rotatable bonds is 5. The third-order valence-electron chi connectivity index (χ3n) is 2.44. The molecule has 0 aromatic heterocycles. The van der Waals surface area contributed by atoms with E-state index in [1.54, 1.807) is 6.21 Å². The molecule has 0 spiro atoms. The number of carbonyl (C=O) groups is 1. The Bertz CT molecular complexity index is 644. The van der Waals surface area contributed by atoms with Crippen LogP contribution in [0.3, 0.4) is 0 Å². The Labute approximate surface area is 144 Å². The first-order chi connectivity index (χ1) is 10.1. The number of benzene rings is 2. The van der Waals surface area contributed by atoms with Gasteiger partial charge in [0.2, 0.25) is 0 Å². The van der Waals surface area contributed by atoms with Gasteiger partial charge in [-0.25, -0.2) is 5.43 Å². The average Bonchev–Trinajstić information content (AvgIpc) is 2.47. The molecule has 0 aliphatic rings. The summed E-state index contributed by atoms with van der Waals surface area (Å²) in [7, 11) is 0. The molecule has 0 radical (unpaired) electrons. The summed E-state index contributed by atoms with van der Waals surface area (Å²) < 4.78 is 7.42. The van der Waals surface area contributed by atoms with Crippen LogP contribution in [0.15, 0.2) is 58.1 Å². The van der Waals surface area contributed by atoms with E-state index in [1.165, 1.54) is 0 Å². The summed E-state index contributed by atoms with van der Waals surface area (Å²) in [4.78, 5) is 11.6. The van der Waals surface area contributed by atoms with E-state index in [1.807, 2.05) is 48.5 Å². The maximum Gasteiger partial charge on any atom is 0.277 e. The minimum Gasteiger partial charge on any atom is -0.484 e. The third-order valence-corrected chi connectivity index (χ3v) is 3.65. The predicted molar refractivity (Wildman–Crippen MR) is 94.5 cm³/mol. The fourth-order valence-corrected chi connectivity index (χ4v) is 2.25. The van der Waals surface area contributed by atoms with Gasteiger partial charge in [-0.05, 0) is 64.6 Å². The van der Waals surface area contributed by atoms with Crippen LogP contribution in [0, 0.1) is 3.57 Å². The van der Waals surface area contributed by atoms with Crippen LogP contribution in [0.1, 0.15) is 5.56 Å². The summed E-state index contributed by atoms with van der Waals surface area (Å²) in [6.07, 6.45) is 1.58. The van der Waals surface area contributed by atoms with Gasteiger partial charge in [0, 0.05) is 8.04 Å². The lowest BCUT2D eigenvalue weighted by atomic mass is 10.2. The molecule has 1 N–H and O–H groups in total. The van der Waals surface area contributed by atoms with Gasteiger partial charge in [0.05, 0.1) is 6.21 Å². The van der Waals surface area contributed by atoms with Crippen LogP contribution < -0.4 is 10.2 Å². The lowest BCUT2D eigenvalue weighted by molar-refractivity contribution is -0.123. The quantitative estimate of drug-likeness (QED) is 0.423. The van der Waals surface area contributed by atoms with Crippen molar-refractivity contribution in [3.8, 4) is 5.75 Å². The van der Waals surface area contributed by atoms with Crippen molar-refractivity contribution in [2.24, 2.45) is 5.10 Å². The van der Waals surface area contributed by atoms with Gasteiger partial charge in [0.1, 0.15) is 5.75 Å². The molecule has 1 amide bonds.